The minimum atomic E-state index is 0.190. The molecule has 0 spiro atoms. The molecule has 1 aliphatic rings. The van der Waals surface area contributed by atoms with Crippen molar-refractivity contribution < 1.29 is 4.74 Å². The predicted octanol–water partition coefficient (Wildman–Crippen LogP) is 1.37. The summed E-state index contributed by atoms with van der Waals surface area (Å²) in [6.45, 7) is 8.59. The lowest BCUT2D eigenvalue weighted by Gasteiger charge is -2.38. The maximum absolute atomic E-state index is 5.75. The standard InChI is InChI=1S/C14H26N6O/c1-6-11-9-21-10(3)8-20(11)14-17-12(15-7-2)16-13(18-14)19(4)5/h10-11H,6-9H2,1-5H3,(H,15,16,17,18). The molecular weight excluding hydrogens is 268 g/mol. The van der Waals surface area contributed by atoms with Crippen LogP contribution in [0, 0.1) is 0 Å². The Labute approximate surface area is 126 Å². The lowest BCUT2D eigenvalue weighted by molar-refractivity contribution is 0.0292. The molecule has 21 heavy (non-hydrogen) atoms. The average Bonchev–Trinajstić information content (AvgIpc) is 2.47. The molecule has 0 aromatic carbocycles. The van der Waals surface area contributed by atoms with Gasteiger partial charge in [-0.25, -0.2) is 0 Å². The fraction of sp³-hybridized carbons (Fsp3) is 0.786. The molecule has 1 N–H and O–H groups in total. The van der Waals surface area contributed by atoms with E-state index in [1.807, 2.05) is 25.9 Å². The maximum atomic E-state index is 5.75. The van der Waals surface area contributed by atoms with Gasteiger partial charge in [0.1, 0.15) is 0 Å². The van der Waals surface area contributed by atoms with E-state index in [0.717, 1.165) is 32.1 Å². The van der Waals surface area contributed by atoms with E-state index in [1.165, 1.54) is 0 Å². The van der Waals surface area contributed by atoms with Crippen LogP contribution in [0.2, 0.25) is 0 Å². The molecule has 1 aliphatic heterocycles. The van der Waals surface area contributed by atoms with Gasteiger partial charge in [-0.15, -0.1) is 0 Å². The van der Waals surface area contributed by atoms with Gasteiger partial charge in [-0.1, -0.05) is 6.92 Å². The van der Waals surface area contributed by atoms with Crippen molar-refractivity contribution in [2.45, 2.75) is 39.3 Å². The van der Waals surface area contributed by atoms with Crippen molar-refractivity contribution in [3.05, 3.63) is 0 Å². The van der Waals surface area contributed by atoms with E-state index in [4.69, 9.17) is 4.74 Å². The summed E-state index contributed by atoms with van der Waals surface area (Å²) in [6.07, 6.45) is 1.20. The van der Waals surface area contributed by atoms with E-state index in [9.17, 15) is 0 Å². The minimum Gasteiger partial charge on any atom is -0.375 e. The molecule has 118 valence electrons. The Kier molecular flexibility index (Phi) is 5.17. The van der Waals surface area contributed by atoms with E-state index in [-0.39, 0.29) is 6.10 Å². The number of hydrogen-bond acceptors (Lipinski definition) is 7. The van der Waals surface area contributed by atoms with Crippen LogP contribution in [0.25, 0.3) is 0 Å². The molecule has 2 heterocycles. The third kappa shape index (κ3) is 3.72. The number of anilines is 3. The second kappa shape index (κ2) is 6.89. The van der Waals surface area contributed by atoms with Gasteiger partial charge in [0.2, 0.25) is 17.8 Å². The fourth-order valence-corrected chi connectivity index (χ4v) is 2.35. The van der Waals surface area contributed by atoms with Crippen molar-refractivity contribution >= 4 is 17.8 Å². The van der Waals surface area contributed by atoms with Crippen molar-refractivity contribution in [2.24, 2.45) is 0 Å². The zero-order valence-electron chi connectivity index (χ0n) is 13.6. The summed E-state index contributed by atoms with van der Waals surface area (Å²) in [5.41, 5.74) is 0. The summed E-state index contributed by atoms with van der Waals surface area (Å²) in [5, 5.41) is 3.18. The monoisotopic (exact) mass is 294 g/mol. The van der Waals surface area contributed by atoms with Gasteiger partial charge in [0.25, 0.3) is 0 Å². The minimum absolute atomic E-state index is 0.190. The Hall–Kier alpha value is -1.63. The maximum Gasteiger partial charge on any atom is 0.232 e. The lowest BCUT2D eigenvalue weighted by Crippen LogP contribution is -2.49. The summed E-state index contributed by atoms with van der Waals surface area (Å²) < 4.78 is 5.75. The van der Waals surface area contributed by atoms with Crippen LogP contribution in [-0.2, 0) is 4.74 Å². The van der Waals surface area contributed by atoms with Crippen LogP contribution in [0.15, 0.2) is 0 Å². The van der Waals surface area contributed by atoms with Gasteiger partial charge in [0.15, 0.2) is 0 Å². The van der Waals surface area contributed by atoms with Gasteiger partial charge >= 0.3 is 0 Å². The van der Waals surface area contributed by atoms with E-state index in [2.05, 4.69) is 39.0 Å². The highest BCUT2D eigenvalue weighted by Crippen LogP contribution is 2.22. The first-order chi connectivity index (χ1) is 10.0. The van der Waals surface area contributed by atoms with Crippen molar-refractivity contribution in [1.29, 1.82) is 0 Å². The number of rotatable bonds is 5. The molecule has 7 heteroatoms. The Morgan fingerprint density at radius 2 is 2.05 bits per heavy atom. The van der Waals surface area contributed by atoms with Crippen molar-refractivity contribution in [1.82, 2.24) is 15.0 Å². The number of hydrogen-bond donors (Lipinski definition) is 1. The lowest BCUT2D eigenvalue weighted by atomic mass is 10.1. The van der Waals surface area contributed by atoms with Crippen LogP contribution in [0.5, 0.6) is 0 Å². The molecule has 0 aliphatic carbocycles. The largest absolute Gasteiger partial charge is 0.375 e. The van der Waals surface area contributed by atoms with Crippen LogP contribution in [-0.4, -0.2) is 60.9 Å². The van der Waals surface area contributed by atoms with Crippen molar-refractivity contribution in [3.63, 3.8) is 0 Å². The van der Waals surface area contributed by atoms with E-state index in [1.54, 1.807) is 0 Å². The van der Waals surface area contributed by atoms with Gasteiger partial charge in [-0.05, 0) is 20.3 Å². The second-order valence-corrected chi connectivity index (χ2v) is 5.54. The highest BCUT2D eigenvalue weighted by Gasteiger charge is 2.28. The van der Waals surface area contributed by atoms with Gasteiger partial charge in [0, 0.05) is 27.2 Å². The zero-order chi connectivity index (χ0) is 15.4. The van der Waals surface area contributed by atoms with Crippen molar-refractivity contribution in [2.75, 3.05) is 48.9 Å². The molecule has 2 unspecified atom stereocenters. The van der Waals surface area contributed by atoms with Gasteiger partial charge in [0.05, 0.1) is 18.8 Å². The Bertz CT molecular complexity index is 467. The zero-order valence-corrected chi connectivity index (χ0v) is 13.6. The quantitative estimate of drug-likeness (QED) is 0.879. The number of ether oxygens (including phenoxy) is 1. The number of nitrogens with zero attached hydrogens (tertiary/aromatic N) is 5. The van der Waals surface area contributed by atoms with E-state index in [0.29, 0.717) is 17.9 Å². The Morgan fingerprint density at radius 1 is 1.29 bits per heavy atom. The Morgan fingerprint density at radius 3 is 2.67 bits per heavy atom. The van der Waals surface area contributed by atoms with Crippen LogP contribution in [0.1, 0.15) is 27.2 Å². The molecule has 1 aromatic rings. The number of nitrogens with one attached hydrogen (secondary N) is 1. The summed E-state index contributed by atoms with van der Waals surface area (Å²) >= 11 is 0. The fourth-order valence-electron chi connectivity index (χ4n) is 2.35. The SMILES string of the molecule is CCNc1nc(N(C)C)nc(N2CC(C)OCC2CC)n1. The van der Waals surface area contributed by atoms with Gasteiger partial charge in [-0.3, -0.25) is 0 Å². The van der Waals surface area contributed by atoms with E-state index >= 15 is 0 Å². The third-order valence-electron chi connectivity index (χ3n) is 3.54. The molecule has 2 rings (SSSR count). The molecule has 0 saturated carbocycles. The predicted molar refractivity (Wildman–Crippen MR) is 85.2 cm³/mol. The summed E-state index contributed by atoms with van der Waals surface area (Å²) in [5.74, 6) is 2.02. The summed E-state index contributed by atoms with van der Waals surface area (Å²) in [4.78, 5) is 17.7. The van der Waals surface area contributed by atoms with Crippen LogP contribution < -0.4 is 15.1 Å². The third-order valence-corrected chi connectivity index (χ3v) is 3.54. The van der Waals surface area contributed by atoms with Crippen molar-refractivity contribution in [3.8, 4) is 0 Å². The Balaban J connectivity index is 2.35. The molecule has 7 nitrogen and oxygen atoms in total. The topological polar surface area (TPSA) is 66.4 Å². The van der Waals surface area contributed by atoms with Crippen LogP contribution >= 0.6 is 0 Å². The molecule has 0 radical (unpaired) electrons. The van der Waals surface area contributed by atoms with Crippen LogP contribution in [0.4, 0.5) is 17.8 Å². The average molecular weight is 294 g/mol. The molecule has 2 atom stereocenters. The molecule has 0 amide bonds. The first-order valence-corrected chi connectivity index (χ1v) is 7.60. The molecule has 1 aromatic heterocycles. The normalized spacial score (nSPS) is 22.2. The smallest absolute Gasteiger partial charge is 0.232 e. The molecule has 1 saturated heterocycles. The number of aromatic nitrogens is 3. The van der Waals surface area contributed by atoms with Crippen LogP contribution in [0.3, 0.4) is 0 Å². The highest BCUT2D eigenvalue weighted by molar-refractivity contribution is 5.45. The number of morpholine rings is 1. The highest BCUT2D eigenvalue weighted by atomic mass is 16.5. The molecule has 0 bridgehead atoms. The second-order valence-electron chi connectivity index (χ2n) is 5.54. The first-order valence-electron chi connectivity index (χ1n) is 7.60. The van der Waals surface area contributed by atoms with Gasteiger partial charge in [-0.2, -0.15) is 15.0 Å². The summed E-state index contributed by atoms with van der Waals surface area (Å²) in [7, 11) is 3.88. The van der Waals surface area contributed by atoms with Gasteiger partial charge < -0.3 is 19.9 Å². The molecular formula is C14H26N6O. The first kappa shape index (κ1) is 15.8. The summed E-state index contributed by atoms with van der Waals surface area (Å²) in [6, 6.07) is 0.313. The van der Waals surface area contributed by atoms with E-state index < -0.39 is 0 Å². The molecule has 1 fully saturated rings.